The summed E-state index contributed by atoms with van der Waals surface area (Å²) in [7, 11) is 0. The van der Waals surface area contributed by atoms with E-state index in [9.17, 15) is 0 Å². The minimum atomic E-state index is 0.706. The zero-order valence-corrected chi connectivity index (χ0v) is 9.45. The molecule has 0 aliphatic rings. The van der Waals surface area contributed by atoms with Gasteiger partial charge in [-0.1, -0.05) is 12.1 Å². The van der Waals surface area contributed by atoms with E-state index in [4.69, 9.17) is 5.26 Å². The van der Waals surface area contributed by atoms with Crippen molar-refractivity contribution < 1.29 is 0 Å². The molecule has 0 bridgehead atoms. The maximum absolute atomic E-state index is 8.67. The van der Waals surface area contributed by atoms with Gasteiger partial charge in [0.1, 0.15) is 0 Å². The molecule has 0 fully saturated rings. The first-order chi connectivity index (χ1) is 7.88. The summed E-state index contributed by atoms with van der Waals surface area (Å²) in [5.41, 5.74) is 1.93. The van der Waals surface area contributed by atoms with Crippen molar-refractivity contribution in [2.45, 2.75) is 10.6 Å². The molecule has 0 atom stereocenters. The van der Waals surface area contributed by atoms with E-state index in [0.29, 0.717) is 5.56 Å². The molecule has 0 saturated heterocycles. The second-order valence-electron chi connectivity index (χ2n) is 3.28. The predicted octanol–water partition coefficient (Wildman–Crippen LogP) is 3.25. The second-order valence-corrected chi connectivity index (χ2v) is 4.33. The smallest absolute Gasteiger partial charge is 0.0991 e. The molecule has 0 saturated carbocycles. The molecular formula is C13H10N2S. The molecule has 0 unspecified atom stereocenters. The van der Waals surface area contributed by atoms with Crippen molar-refractivity contribution in [1.82, 2.24) is 4.98 Å². The number of hydrogen-bond donors (Lipinski definition) is 0. The Bertz CT molecular complexity index is 486. The lowest BCUT2D eigenvalue weighted by atomic mass is 10.2. The van der Waals surface area contributed by atoms with Gasteiger partial charge in [0.25, 0.3) is 0 Å². The van der Waals surface area contributed by atoms with E-state index < -0.39 is 0 Å². The van der Waals surface area contributed by atoms with Crippen molar-refractivity contribution >= 4 is 11.8 Å². The molecule has 78 valence electrons. The Morgan fingerprint density at radius 2 is 1.75 bits per heavy atom. The number of nitrogens with zero attached hydrogens (tertiary/aromatic N) is 2. The fourth-order valence-corrected chi connectivity index (χ4v) is 2.12. The molecule has 3 heteroatoms. The van der Waals surface area contributed by atoms with E-state index in [2.05, 4.69) is 11.1 Å². The van der Waals surface area contributed by atoms with Crippen LogP contribution in [0.3, 0.4) is 0 Å². The Hall–Kier alpha value is -1.79. The molecular weight excluding hydrogens is 216 g/mol. The number of pyridine rings is 1. The van der Waals surface area contributed by atoms with E-state index in [1.807, 2.05) is 36.4 Å². The molecule has 0 aliphatic carbocycles. The maximum atomic E-state index is 8.67. The van der Waals surface area contributed by atoms with Crippen LogP contribution in [0.4, 0.5) is 0 Å². The summed E-state index contributed by atoms with van der Waals surface area (Å²) < 4.78 is 0. The normalized spacial score (nSPS) is 9.69. The molecule has 0 radical (unpaired) electrons. The van der Waals surface area contributed by atoms with Gasteiger partial charge in [0.05, 0.1) is 11.6 Å². The van der Waals surface area contributed by atoms with Gasteiger partial charge in [-0.05, 0) is 29.8 Å². The molecule has 0 aliphatic heterocycles. The van der Waals surface area contributed by atoms with Gasteiger partial charge >= 0.3 is 0 Å². The average molecular weight is 226 g/mol. The van der Waals surface area contributed by atoms with Crippen molar-refractivity contribution in [2.24, 2.45) is 0 Å². The van der Waals surface area contributed by atoms with E-state index in [1.54, 1.807) is 24.2 Å². The van der Waals surface area contributed by atoms with Crippen LogP contribution in [-0.2, 0) is 5.75 Å². The zero-order valence-electron chi connectivity index (χ0n) is 8.63. The Morgan fingerprint density at radius 3 is 2.38 bits per heavy atom. The van der Waals surface area contributed by atoms with Crippen LogP contribution in [-0.4, -0.2) is 4.98 Å². The Kier molecular flexibility index (Phi) is 3.58. The summed E-state index contributed by atoms with van der Waals surface area (Å²) in [5.74, 6) is 0.912. The summed E-state index contributed by atoms with van der Waals surface area (Å²) in [6.07, 6.45) is 3.59. The first-order valence-electron chi connectivity index (χ1n) is 4.90. The summed E-state index contributed by atoms with van der Waals surface area (Å²) in [6, 6.07) is 13.8. The first kappa shape index (κ1) is 10.7. The predicted molar refractivity (Wildman–Crippen MR) is 65.0 cm³/mol. The summed E-state index contributed by atoms with van der Waals surface area (Å²) in [6.45, 7) is 0. The number of aromatic nitrogens is 1. The molecule has 2 nitrogen and oxygen atoms in total. The van der Waals surface area contributed by atoms with E-state index in [1.165, 1.54) is 10.5 Å². The monoisotopic (exact) mass is 226 g/mol. The number of thioether (sulfide) groups is 1. The fourth-order valence-electron chi connectivity index (χ4n) is 1.28. The van der Waals surface area contributed by atoms with Gasteiger partial charge in [-0.3, -0.25) is 4.98 Å². The molecule has 1 heterocycles. The zero-order chi connectivity index (χ0) is 11.2. The highest BCUT2D eigenvalue weighted by molar-refractivity contribution is 7.98. The number of rotatable bonds is 3. The quantitative estimate of drug-likeness (QED) is 0.754. The second kappa shape index (κ2) is 5.34. The van der Waals surface area contributed by atoms with Crippen LogP contribution in [0, 0.1) is 11.3 Å². The third-order valence-electron chi connectivity index (χ3n) is 2.14. The summed E-state index contributed by atoms with van der Waals surface area (Å²) in [5, 5.41) is 8.67. The van der Waals surface area contributed by atoms with E-state index >= 15 is 0 Å². The van der Waals surface area contributed by atoms with Crippen molar-refractivity contribution in [3.05, 3.63) is 59.9 Å². The fraction of sp³-hybridized carbons (Fsp3) is 0.0769. The maximum Gasteiger partial charge on any atom is 0.0991 e. The van der Waals surface area contributed by atoms with Crippen molar-refractivity contribution in [1.29, 1.82) is 5.26 Å². The highest BCUT2D eigenvalue weighted by atomic mass is 32.2. The number of hydrogen-bond acceptors (Lipinski definition) is 3. The van der Waals surface area contributed by atoms with Gasteiger partial charge in [-0.2, -0.15) is 5.26 Å². The highest BCUT2D eigenvalue weighted by Gasteiger charge is 1.96. The van der Waals surface area contributed by atoms with Gasteiger partial charge in [0.15, 0.2) is 0 Å². The van der Waals surface area contributed by atoms with Gasteiger partial charge in [0.2, 0.25) is 0 Å². The number of benzene rings is 1. The molecule has 2 aromatic rings. The molecule has 0 N–H and O–H groups in total. The minimum absolute atomic E-state index is 0.706. The minimum Gasteiger partial charge on any atom is -0.265 e. The summed E-state index contributed by atoms with van der Waals surface area (Å²) >= 11 is 1.76. The summed E-state index contributed by atoms with van der Waals surface area (Å²) in [4.78, 5) is 5.18. The van der Waals surface area contributed by atoms with Gasteiger partial charge in [0, 0.05) is 23.0 Å². The van der Waals surface area contributed by atoms with Crippen molar-refractivity contribution in [3.63, 3.8) is 0 Å². The van der Waals surface area contributed by atoms with Crippen molar-refractivity contribution in [3.8, 4) is 6.07 Å². The molecule has 0 amide bonds. The van der Waals surface area contributed by atoms with Crippen LogP contribution in [0.1, 0.15) is 11.1 Å². The highest BCUT2D eigenvalue weighted by Crippen LogP contribution is 2.21. The standard InChI is InChI=1S/C13H10N2S/c14-9-11-1-3-12(4-2-11)10-16-13-5-7-15-8-6-13/h1-8H,10H2. The van der Waals surface area contributed by atoms with Gasteiger partial charge in [-0.15, -0.1) is 11.8 Å². The SMILES string of the molecule is N#Cc1ccc(CSc2ccncc2)cc1. The van der Waals surface area contributed by atoms with Gasteiger partial charge < -0.3 is 0 Å². The van der Waals surface area contributed by atoms with Crippen LogP contribution in [0.2, 0.25) is 0 Å². The van der Waals surface area contributed by atoms with Crippen LogP contribution in [0.15, 0.2) is 53.7 Å². The largest absolute Gasteiger partial charge is 0.265 e. The van der Waals surface area contributed by atoms with Crippen LogP contribution in [0.5, 0.6) is 0 Å². The van der Waals surface area contributed by atoms with Gasteiger partial charge in [-0.25, -0.2) is 0 Å². The lowest BCUT2D eigenvalue weighted by Gasteiger charge is -2.01. The van der Waals surface area contributed by atoms with Crippen molar-refractivity contribution in [2.75, 3.05) is 0 Å². The molecule has 1 aromatic heterocycles. The molecule has 2 rings (SSSR count). The third kappa shape index (κ3) is 2.85. The third-order valence-corrected chi connectivity index (χ3v) is 3.22. The topological polar surface area (TPSA) is 36.7 Å². The van der Waals surface area contributed by atoms with Crippen LogP contribution in [0.25, 0.3) is 0 Å². The lowest BCUT2D eigenvalue weighted by Crippen LogP contribution is -1.81. The molecule has 1 aromatic carbocycles. The molecule has 0 spiro atoms. The Morgan fingerprint density at radius 1 is 1.06 bits per heavy atom. The Balaban J connectivity index is 1.98. The number of nitriles is 1. The first-order valence-corrected chi connectivity index (χ1v) is 5.89. The Labute approximate surface area is 99.0 Å². The lowest BCUT2D eigenvalue weighted by molar-refractivity contribution is 1.26. The van der Waals surface area contributed by atoms with Crippen LogP contribution < -0.4 is 0 Å². The average Bonchev–Trinajstić information content (AvgIpc) is 2.38. The van der Waals surface area contributed by atoms with Crippen LogP contribution >= 0.6 is 11.8 Å². The van der Waals surface area contributed by atoms with E-state index in [-0.39, 0.29) is 0 Å². The molecule has 16 heavy (non-hydrogen) atoms. The van der Waals surface area contributed by atoms with E-state index in [0.717, 1.165) is 5.75 Å².